The van der Waals surface area contributed by atoms with E-state index in [0.717, 1.165) is 81.3 Å². The SMILES string of the molecule is C/C=C/C(=O)OCCCCCCc1ccc(N(c2ccc(CCCCCCOC(=O)/C=C/C)cc2)c2ccc(C)c(C)c2)cc1. The van der Waals surface area contributed by atoms with Crippen LogP contribution < -0.4 is 4.90 Å². The smallest absolute Gasteiger partial charge is 0.330 e. The molecular weight excluding hydrogens is 558 g/mol. The number of benzene rings is 3. The van der Waals surface area contributed by atoms with Crippen molar-refractivity contribution in [2.75, 3.05) is 18.1 Å². The van der Waals surface area contributed by atoms with Crippen molar-refractivity contribution < 1.29 is 19.1 Å². The first-order valence-corrected chi connectivity index (χ1v) is 16.6. The first-order chi connectivity index (χ1) is 21.9. The first-order valence-electron chi connectivity index (χ1n) is 16.6. The molecular formula is C40H51NO4. The molecule has 3 aromatic carbocycles. The van der Waals surface area contributed by atoms with Crippen LogP contribution in [0.2, 0.25) is 0 Å². The van der Waals surface area contributed by atoms with Crippen molar-refractivity contribution in [1.29, 1.82) is 0 Å². The van der Waals surface area contributed by atoms with Crippen molar-refractivity contribution in [3.05, 3.63) is 113 Å². The molecule has 0 radical (unpaired) electrons. The molecule has 0 atom stereocenters. The highest BCUT2D eigenvalue weighted by molar-refractivity contribution is 5.82. The number of esters is 2. The molecule has 45 heavy (non-hydrogen) atoms. The minimum atomic E-state index is -0.256. The summed E-state index contributed by atoms with van der Waals surface area (Å²) in [7, 11) is 0. The Bertz CT molecular complexity index is 1290. The maximum Gasteiger partial charge on any atom is 0.330 e. The van der Waals surface area contributed by atoms with Gasteiger partial charge in [0.05, 0.1) is 13.2 Å². The van der Waals surface area contributed by atoms with Crippen LogP contribution in [0.15, 0.2) is 91.0 Å². The van der Waals surface area contributed by atoms with Crippen molar-refractivity contribution in [3.63, 3.8) is 0 Å². The van der Waals surface area contributed by atoms with Crippen LogP contribution >= 0.6 is 0 Å². The summed E-state index contributed by atoms with van der Waals surface area (Å²) in [5, 5.41) is 0. The molecule has 5 nitrogen and oxygen atoms in total. The number of anilines is 3. The Morgan fingerprint density at radius 1 is 0.556 bits per heavy atom. The van der Waals surface area contributed by atoms with Crippen LogP contribution in [0.1, 0.15) is 87.5 Å². The fraction of sp³-hybridized carbons (Fsp3) is 0.400. The summed E-state index contributed by atoms with van der Waals surface area (Å²) in [6, 6.07) is 24.6. The van der Waals surface area contributed by atoms with Gasteiger partial charge in [0, 0.05) is 29.2 Å². The maximum absolute atomic E-state index is 11.4. The average Bonchev–Trinajstić information content (AvgIpc) is 3.03. The van der Waals surface area contributed by atoms with Gasteiger partial charge in [-0.1, -0.05) is 68.2 Å². The molecule has 3 aromatic rings. The second-order valence-corrected chi connectivity index (χ2v) is 11.6. The van der Waals surface area contributed by atoms with Gasteiger partial charge in [0.2, 0.25) is 0 Å². The molecule has 240 valence electrons. The number of ether oxygens (including phenoxy) is 2. The second kappa shape index (κ2) is 20.0. The van der Waals surface area contributed by atoms with E-state index in [1.54, 1.807) is 12.2 Å². The molecule has 0 heterocycles. The molecule has 0 fully saturated rings. The van der Waals surface area contributed by atoms with Crippen LogP contribution in [0.4, 0.5) is 17.1 Å². The van der Waals surface area contributed by atoms with Gasteiger partial charge in [0.1, 0.15) is 0 Å². The fourth-order valence-electron chi connectivity index (χ4n) is 5.22. The number of nitrogens with zero attached hydrogens (tertiary/aromatic N) is 1. The van der Waals surface area contributed by atoms with Crippen molar-refractivity contribution in [3.8, 4) is 0 Å². The predicted octanol–water partition coefficient (Wildman–Crippen LogP) is 10.2. The lowest BCUT2D eigenvalue weighted by molar-refractivity contribution is -0.138. The molecule has 0 saturated carbocycles. The third-order valence-corrected chi connectivity index (χ3v) is 7.95. The minimum absolute atomic E-state index is 0.256. The van der Waals surface area contributed by atoms with Gasteiger partial charge in [-0.2, -0.15) is 0 Å². The van der Waals surface area contributed by atoms with Crippen LogP contribution in [0.5, 0.6) is 0 Å². The Labute approximate surface area is 271 Å². The van der Waals surface area contributed by atoms with Gasteiger partial charge >= 0.3 is 11.9 Å². The van der Waals surface area contributed by atoms with Gasteiger partial charge in [0.15, 0.2) is 0 Å². The van der Waals surface area contributed by atoms with Gasteiger partial charge in [-0.05, 0) is 125 Å². The molecule has 0 amide bonds. The van der Waals surface area contributed by atoms with Gasteiger partial charge in [-0.25, -0.2) is 9.59 Å². The third kappa shape index (κ3) is 12.8. The summed E-state index contributed by atoms with van der Waals surface area (Å²) in [5.41, 5.74) is 8.69. The minimum Gasteiger partial charge on any atom is -0.463 e. The first kappa shape index (κ1) is 35.4. The zero-order chi connectivity index (χ0) is 32.3. The van der Waals surface area contributed by atoms with E-state index in [2.05, 4.69) is 85.5 Å². The fourth-order valence-corrected chi connectivity index (χ4v) is 5.22. The average molecular weight is 610 g/mol. The molecule has 0 saturated heterocycles. The largest absolute Gasteiger partial charge is 0.463 e. The molecule has 0 aliphatic rings. The topological polar surface area (TPSA) is 55.8 Å². The van der Waals surface area contributed by atoms with E-state index in [4.69, 9.17) is 9.47 Å². The standard InChI is InChI=1S/C40H51NO4/c1-5-15-39(42)44-29-13-9-7-11-17-34-20-25-36(26-21-34)41(38-24-19-32(3)33(4)31-38)37-27-22-35(23-28-37)18-12-8-10-14-30-45-40(43)16-6-2/h5-6,15-16,19-28,31H,7-14,17-18,29-30H2,1-4H3/b15-5+,16-6+. The van der Waals surface area contributed by atoms with Gasteiger partial charge < -0.3 is 14.4 Å². The number of rotatable bonds is 19. The monoisotopic (exact) mass is 609 g/mol. The number of unbranched alkanes of at least 4 members (excludes halogenated alkanes) is 6. The van der Waals surface area contributed by atoms with Crippen LogP contribution in [-0.4, -0.2) is 25.2 Å². The third-order valence-electron chi connectivity index (χ3n) is 7.95. The number of carbonyl (C=O) groups is 2. The molecule has 3 rings (SSSR count). The van der Waals surface area contributed by atoms with E-state index in [9.17, 15) is 9.59 Å². The summed E-state index contributed by atoms with van der Waals surface area (Å²) >= 11 is 0. The molecule has 5 heteroatoms. The summed E-state index contributed by atoms with van der Waals surface area (Å²) in [6.07, 6.45) is 16.8. The van der Waals surface area contributed by atoms with Gasteiger partial charge in [0.25, 0.3) is 0 Å². The van der Waals surface area contributed by atoms with Crippen molar-refractivity contribution >= 4 is 29.0 Å². The molecule has 0 spiro atoms. The quantitative estimate of drug-likeness (QED) is 0.0769. The van der Waals surface area contributed by atoms with E-state index in [1.807, 2.05) is 13.8 Å². The Hall–Kier alpha value is -4.12. The summed E-state index contributed by atoms with van der Waals surface area (Å²) in [4.78, 5) is 25.1. The Kier molecular flexibility index (Phi) is 15.7. The normalized spacial score (nSPS) is 11.3. The highest BCUT2D eigenvalue weighted by Crippen LogP contribution is 2.36. The van der Waals surface area contributed by atoms with E-state index in [0.29, 0.717) is 13.2 Å². The van der Waals surface area contributed by atoms with Gasteiger partial charge in [-0.3, -0.25) is 0 Å². The number of allylic oxidation sites excluding steroid dienone is 2. The lowest BCUT2D eigenvalue weighted by atomic mass is 10.0. The maximum atomic E-state index is 11.4. The zero-order valence-electron chi connectivity index (χ0n) is 27.7. The molecule has 0 unspecified atom stereocenters. The number of hydrogen-bond donors (Lipinski definition) is 0. The summed E-state index contributed by atoms with van der Waals surface area (Å²) < 4.78 is 10.4. The Morgan fingerprint density at radius 2 is 0.978 bits per heavy atom. The van der Waals surface area contributed by atoms with E-state index in [1.165, 1.54) is 34.4 Å². The summed E-state index contributed by atoms with van der Waals surface area (Å²) in [5.74, 6) is -0.512. The van der Waals surface area contributed by atoms with Crippen LogP contribution in [0.3, 0.4) is 0 Å². The second-order valence-electron chi connectivity index (χ2n) is 11.6. The van der Waals surface area contributed by atoms with Crippen LogP contribution in [0.25, 0.3) is 0 Å². The number of hydrogen-bond acceptors (Lipinski definition) is 5. The molecule has 0 aliphatic carbocycles. The Morgan fingerprint density at radius 3 is 1.40 bits per heavy atom. The van der Waals surface area contributed by atoms with Crippen molar-refractivity contribution in [2.45, 2.75) is 91.9 Å². The van der Waals surface area contributed by atoms with Crippen molar-refractivity contribution in [1.82, 2.24) is 0 Å². The highest BCUT2D eigenvalue weighted by Gasteiger charge is 2.13. The highest BCUT2D eigenvalue weighted by atomic mass is 16.5. The molecule has 0 aliphatic heterocycles. The molecule has 0 aromatic heterocycles. The lowest BCUT2D eigenvalue weighted by Gasteiger charge is -2.26. The van der Waals surface area contributed by atoms with Crippen LogP contribution in [-0.2, 0) is 31.9 Å². The predicted molar refractivity (Wildman–Crippen MR) is 186 cm³/mol. The van der Waals surface area contributed by atoms with E-state index >= 15 is 0 Å². The number of aryl methyl sites for hydroxylation is 4. The van der Waals surface area contributed by atoms with Gasteiger partial charge in [-0.15, -0.1) is 0 Å². The van der Waals surface area contributed by atoms with Crippen molar-refractivity contribution in [2.24, 2.45) is 0 Å². The zero-order valence-corrected chi connectivity index (χ0v) is 27.7. The Balaban J connectivity index is 1.55. The molecule has 0 N–H and O–H groups in total. The molecule has 0 bridgehead atoms. The lowest BCUT2D eigenvalue weighted by Crippen LogP contribution is -2.10. The number of carbonyl (C=O) groups excluding carboxylic acids is 2. The van der Waals surface area contributed by atoms with E-state index < -0.39 is 0 Å². The van der Waals surface area contributed by atoms with Crippen LogP contribution in [0, 0.1) is 13.8 Å². The van der Waals surface area contributed by atoms with E-state index in [-0.39, 0.29) is 11.9 Å². The summed E-state index contributed by atoms with van der Waals surface area (Å²) in [6.45, 7) is 8.93.